The summed E-state index contributed by atoms with van der Waals surface area (Å²) < 4.78 is 5.70. The molecule has 3 unspecified atom stereocenters. The van der Waals surface area contributed by atoms with Crippen molar-refractivity contribution in [2.45, 2.75) is 45.1 Å². The van der Waals surface area contributed by atoms with Gasteiger partial charge in [0.25, 0.3) is 0 Å². The van der Waals surface area contributed by atoms with Crippen molar-refractivity contribution in [1.29, 1.82) is 0 Å². The Hall–Kier alpha value is -1.29. The maximum absolute atomic E-state index is 10.8. The van der Waals surface area contributed by atoms with Gasteiger partial charge in [0.15, 0.2) is 6.10 Å². The molecule has 104 valence electrons. The number of fused-ring (bicyclic) bond motifs is 1. The van der Waals surface area contributed by atoms with E-state index in [2.05, 4.69) is 6.92 Å². The van der Waals surface area contributed by atoms with E-state index in [0.717, 1.165) is 38.0 Å². The second-order valence-electron chi connectivity index (χ2n) is 5.87. The number of ether oxygens (including phenoxy) is 1. The first-order valence-electron chi connectivity index (χ1n) is 7.07. The molecule has 0 saturated heterocycles. The lowest BCUT2D eigenvalue weighted by Gasteiger charge is -2.25. The van der Waals surface area contributed by atoms with Crippen LogP contribution in [0.5, 0.6) is 0 Å². The number of aliphatic carboxylic acids is 1. The summed E-state index contributed by atoms with van der Waals surface area (Å²) in [5, 5.41) is 18.5. The van der Waals surface area contributed by atoms with Crippen molar-refractivity contribution in [3.8, 4) is 0 Å². The molecule has 2 N–H and O–H groups in total. The molecule has 2 aliphatic carbocycles. The van der Waals surface area contributed by atoms with Crippen LogP contribution in [0, 0.1) is 11.8 Å². The van der Waals surface area contributed by atoms with Gasteiger partial charge in [0.2, 0.25) is 0 Å². The van der Waals surface area contributed by atoms with Crippen LogP contribution < -0.4 is 0 Å². The zero-order chi connectivity index (χ0) is 13.6. The Labute approximate surface area is 112 Å². The van der Waals surface area contributed by atoms with Gasteiger partial charge >= 0.3 is 5.97 Å². The SMILES string of the molecule is CC1CC2=C(CCO2)C2=C1CCC2CC(O)C(=O)O. The van der Waals surface area contributed by atoms with Crippen molar-refractivity contribution < 1.29 is 19.7 Å². The van der Waals surface area contributed by atoms with Crippen LogP contribution in [0.15, 0.2) is 22.5 Å². The standard InChI is InChI=1S/C15H20O4/c1-8-6-13-11(4-5-19-13)14-9(2-3-10(8)14)7-12(16)15(17)18/h8-9,12,16H,2-7H2,1H3,(H,17,18). The molecule has 0 spiro atoms. The first kappa shape index (κ1) is 12.7. The molecule has 0 amide bonds. The van der Waals surface area contributed by atoms with Crippen LogP contribution in [0.25, 0.3) is 0 Å². The number of allylic oxidation sites excluding steroid dienone is 3. The van der Waals surface area contributed by atoms with Gasteiger partial charge in [-0.15, -0.1) is 0 Å². The smallest absolute Gasteiger partial charge is 0.332 e. The molecule has 0 fully saturated rings. The predicted molar refractivity (Wildman–Crippen MR) is 69.4 cm³/mol. The summed E-state index contributed by atoms with van der Waals surface area (Å²) in [7, 11) is 0. The quantitative estimate of drug-likeness (QED) is 0.820. The molecule has 0 saturated carbocycles. The highest BCUT2D eigenvalue weighted by Gasteiger charge is 2.38. The molecule has 3 rings (SSSR count). The molecule has 0 aromatic rings. The van der Waals surface area contributed by atoms with Crippen molar-refractivity contribution in [3.05, 3.63) is 22.5 Å². The zero-order valence-electron chi connectivity index (χ0n) is 11.2. The van der Waals surface area contributed by atoms with E-state index in [0.29, 0.717) is 12.3 Å². The summed E-state index contributed by atoms with van der Waals surface area (Å²) in [6.07, 6.45) is 3.03. The minimum Gasteiger partial charge on any atom is -0.497 e. The highest BCUT2D eigenvalue weighted by atomic mass is 16.5. The molecule has 4 nitrogen and oxygen atoms in total. The van der Waals surface area contributed by atoms with Crippen LogP contribution >= 0.6 is 0 Å². The third-order valence-corrected chi connectivity index (χ3v) is 4.69. The molecular weight excluding hydrogens is 244 g/mol. The lowest BCUT2D eigenvalue weighted by Crippen LogP contribution is -2.24. The summed E-state index contributed by atoms with van der Waals surface area (Å²) >= 11 is 0. The van der Waals surface area contributed by atoms with Gasteiger partial charge in [0, 0.05) is 12.8 Å². The van der Waals surface area contributed by atoms with Gasteiger partial charge in [-0.1, -0.05) is 12.5 Å². The molecule has 1 aliphatic heterocycles. The Morgan fingerprint density at radius 2 is 2.26 bits per heavy atom. The monoisotopic (exact) mass is 264 g/mol. The second kappa shape index (κ2) is 4.67. The number of rotatable bonds is 3. The van der Waals surface area contributed by atoms with Crippen molar-refractivity contribution in [3.63, 3.8) is 0 Å². The fraction of sp³-hybridized carbons (Fsp3) is 0.667. The van der Waals surface area contributed by atoms with Crippen LogP contribution in [0.2, 0.25) is 0 Å². The summed E-state index contributed by atoms with van der Waals surface area (Å²) in [5.74, 6) is 0.687. The Morgan fingerprint density at radius 3 is 3.00 bits per heavy atom. The van der Waals surface area contributed by atoms with E-state index in [9.17, 15) is 9.90 Å². The Balaban J connectivity index is 1.87. The number of hydrogen-bond acceptors (Lipinski definition) is 3. The van der Waals surface area contributed by atoms with E-state index in [-0.39, 0.29) is 5.92 Å². The van der Waals surface area contributed by atoms with E-state index in [4.69, 9.17) is 9.84 Å². The first-order chi connectivity index (χ1) is 9.08. The number of aliphatic hydroxyl groups is 1. The average molecular weight is 264 g/mol. The largest absolute Gasteiger partial charge is 0.497 e. The van der Waals surface area contributed by atoms with Gasteiger partial charge in [-0.3, -0.25) is 0 Å². The van der Waals surface area contributed by atoms with E-state index in [1.54, 1.807) is 0 Å². The Morgan fingerprint density at radius 1 is 1.47 bits per heavy atom. The van der Waals surface area contributed by atoms with Crippen molar-refractivity contribution >= 4 is 5.97 Å². The molecule has 3 atom stereocenters. The van der Waals surface area contributed by atoms with Crippen molar-refractivity contribution in [1.82, 2.24) is 0 Å². The number of carboxylic acid groups (broad SMARTS) is 1. The molecule has 4 heteroatoms. The van der Waals surface area contributed by atoms with Gasteiger partial charge in [-0.2, -0.15) is 0 Å². The molecular formula is C15H20O4. The zero-order valence-corrected chi connectivity index (χ0v) is 11.2. The normalized spacial score (nSPS) is 31.1. The van der Waals surface area contributed by atoms with E-state index in [1.165, 1.54) is 16.7 Å². The molecule has 0 aromatic carbocycles. The Bertz CT molecular complexity index is 475. The minimum atomic E-state index is -1.25. The van der Waals surface area contributed by atoms with Gasteiger partial charge in [-0.25, -0.2) is 4.79 Å². The van der Waals surface area contributed by atoms with Crippen molar-refractivity contribution in [2.24, 2.45) is 11.8 Å². The summed E-state index contributed by atoms with van der Waals surface area (Å²) in [5.41, 5.74) is 4.12. The maximum Gasteiger partial charge on any atom is 0.332 e. The number of carbonyl (C=O) groups is 1. The molecule has 0 bridgehead atoms. The fourth-order valence-corrected chi connectivity index (χ4v) is 3.80. The summed E-state index contributed by atoms with van der Waals surface area (Å²) in [4.78, 5) is 10.8. The van der Waals surface area contributed by atoms with Gasteiger partial charge in [0.1, 0.15) is 5.76 Å². The summed E-state index contributed by atoms with van der Waals surface area (Å²) in [6, 6.07) is 0. The lowest BCUT2D eigenvalue weighted by molar-refractivity contribution is -0.147. The van der Waals surface area contributed by atoms with Gasteiger partial charge in [-0.05, 0) is 42.2 Å². The van der Waals surface area contributed by atoms with Crippen LogP contribution in [0.1, 0.15) is 39.0 Å². The van der Waals surface area contributed by atoms with Crippen LogP contribution in [0.4, 0.5) is 0 Å². The Kier molecular flexibility index (Phi) is 3.13. The summed E-state index contributed by atoms with van der Waals surface area (Å²) in [6.45, 7) is 2.97. The average Bonchev–Trinajstić information content (AvgIpc) is 2.95. The third kappa shape index (κ3) is 2.08. The first-order valence-corrected chi connectivity index (χ1v) is 7.07. The lowest BCUT2D eigenvalue weighted by atomic mass is 9.80. The predicted octanol–water partition coefficient (Wildman–Crippen LogP) is 2.24. The second-order valence-corrected chi connectivity index (χ2v) is 5.87. The topological polar surface area (TPSA) is 66.8 Å². The van der Waals surface area contributed by atoms with Crippen LogP contribution in [-0.2, 0) is 9.53 Å². The van der Waals surface area contributed by atoms with Crippen LogP contribution in [-0.4, -0.2) is 28.9 Å². The molecule has 3 aliphatic rings. The highest BCUT2D eigenvalue weighted by Crippen LogP contribution is 2.50. The van der Waals surface area contributed by atoms with Gasteiger partial charge < -0.3 is 14.9 Å². The number of hydrogen-bond donors (Lipinski definition) is 2. The molecule has 19 heavy (non-hydrogen) atoms. The van der Waals surface area contributed by atoms with E-state index >= 15 is 0 Å². The van der Waals surface area contributed by atoms with E-state index in [1.807, 2.05) is 0 Å². The minimum absolute atomic E-state index is 0.190. The molecule has 1 heterocycles. The molecule has 0 radical (unpaired) electrons. The third-order valence-electron chi connectivity index (χ3n) is 4.69. The van der Waals surface area contributed by atoms with E-state index < -0.39 is 12.1 Å². The molecule has 0 aromatic heterocycles. The fourth-order valence-electron chi connectivity index (χ4n) is 3.80. The van der Waals surface area contributed by atoms with Crippen LogP contribution in [0.3, 0.4) is 0 Å². The maximum atomic E-state index is 10.8. The van der Waals surface area contributed by atoms with Crippen molar-refractivity contribution in [2.75, 3.05) is 6.61 Å². The highest BCUT2D eigenvalue weighted by molar-refractivity contribution is 5.72. The van der Waals surface area contributed by atoms with Gasteiger partial charge in [0.05, 0.1) is 6.61 Å². The number of carboxylic acids is 1. The number of aliphatic hydroxyl groups excluding tert-OH is 1.